The van der Waals surface area contributed by atoms with Gasteiger partial charge in [-0.3, -0.25) is 4.57 Å². The molecule has 0 aromatic carbocycles. The van der Waals surface area contributed by atoms with Crippen molar-refractivity contribution >= 4 is 57.8 Å². The molecular weight excluding hydrogens is 529 g/mol. The van der Waals surface area contributed by atoms with Crippen molar-refractivity contribution in [1.29, 1.82) is 0 Å². The van der Waals surface area contributed by atoms with E-state index in [1.165, 1.54) is 12.1 Å². The molecule has 1 saturated heterocycles. The fourth-order valence-electron chi connectivity index (χ4n) is 3.64. The molecule has 0 unspecified atom stereocenters. The van der Waals surface area contributed by atoms with Crippen LogP contribution in [0.2, 0.25) is 5.28 Å². The first-order valence-corrected chi connectivity index (χ1v) is 11.2. The third kappa shape index (κ3) is 4.44. The average molecular weight is 546 g/mol. The lowest BCUT2D eigenvalue weighted by Gasteiger charge is -2.27. The van der Waals surface area contributed by atoms with E-state index in [-0.39, 0.29) is 32.0 Å². The van der Waals surface area contributed by atoms with E-state index in [2.05, 4.69) is 15.0 Å². The Morgan fingerprint density at radius 2 is 1.94 bits per heavy atom. The minimum absolute atomic E-state index is 0.00580. The van der Waals surface area contributed by atoms with Crippen LogP contribution in [0.3, 0.4) is 0 Å². The number of nitrogens with zero attached hydrogens (tertiary/aromatic N) is 4. The van der Waals surface area contributed by atoms with Gasteiger partial charge in [0.2, 0.25) is 5.28 Å². The highest BCUT2D eigenvalue weighted by atomic mass is 35.5. The molecule has 0 amide bonds. The molecule has 3 aromatic heterocycles. The molecule has 36 heavy (non-hydrogen) atoms. The van der Waals surface area contributed by atoms with Gasteiger partial charge in [-0.2, -0.15) is 9.97 Å². The maximum atomic E-state index is 15.0. The number of nitrogen functional groups attached to an aromatic ring is 1. The molecule has 6 N–H and O–H groups in total. The average Bonchev–Trinajstić information content (AvgIpc) is 3.50. The predicted octanol–water partition coefficient (Wildman–Crippen LogP) is 0.585. The Balaban J connectivity index is 1.56. The summed E-state index contributed by atoms with van der Waals surface area (Å²) in [6, 6.07) is 2.45. The van der Waals surface area contributed by atoms with E-state index in [4.69, 9.17) is 31.9 Å². The van der Waals surface area contributed by atoms with Gasteiger partial charge in [-0.1, -0.05) is 0 Å². The monoisotopic (exact) mass is 545 g/mol. The number of aliphatic hydroxyl groups excluding tert-OH is 1. The minimum Gasteiger partial charge on any atom is -0.479 e. The number of aliphatic carboxylic acids is 2. The van der Waals surface area contributed by atoms with E-state index in [1.54, 1.807) is 0 Å². The maximum Gasteiger partial charge on any atom is 0.348 e. The fourth-order valence-corrected chi connectivity index (χ4v) is 4.73. The van der Waals surface area contributed by atoms with Gasteiger partial charge in [-0.15, -0.1) is 11.3 Å². The molecule has 14 nitrogen and oxygen atoms in total. The predicted molar refractivity (Wildman–Crippen MR) is 118 cm³/mol. The van der Waals surface area contributed by atoms with Gasteiger partial charge in [0.15, 0.2) is 23.9 Å². The summed E-state index contributed by atoms with van der Waals surface area (Å²) in [5.41, 5.74) is 2.96. The van der Waals surface area contributed by atoms with Crippen LogP contribution >= 0.6 is 22.9 Å². The third-order valence-electron chi connectivity index (χ3n) is 5.47. The van der Waals surface area contributed by atoms with Gasteiger partial charge in [-0.05, 0) is 23.7 Å². The second-order valence-electron chi connectivity index (χ2n) is 7.70. The summed E-state index contributed by atoms with van der Waals surface area (Å²) in [5, 5.41) is 38.6. The first kappa shape index (κ1) is 25.6. The van der Waals surface area contributed by atoms with Gasteiger partial charge in [0.05, 0.1) is 12.9 Å². The molecule has 1 aliphatic rings. The van der Waals surface area contributed by atoms with Crippen LogP contribution in [-0.4, -0.2) is 88.4 Å². The minimum atomic E-state index is -2.87. The van der Waals surface area contributed by atoms with Crippen LogP contribution in [0.25, 0.3) is 11.2 Å². The van der Waals surface area contributed by atoms with Crippen molar-refractivity contribution in [3.8, 4) is 0 Å². The molecule has 0 spiro atoms. The number of alkyl halides is 1. The number of imidazole rings is 1. The van der Waals surface area contributed by atoms with Crippen molar-refractivity contribution in [2.75, 3.05) is 12.3 Å². The van der Waals surface area contributed by atoms with Crippen molar-refractivity contribution in [2.45, 2.75) is 36.6 Å². The largest absolute Gasteiger partial charge is 0.479 e. The Kier molecular flexibility index (Phi) is 6.80. The maximum absolute atomic E-state index is 15.0. The third-order valence-corrected chi connectivity index (χ3v) is 6.71. The number of anilines is 1. The van der Waals surface area contributed by atoms with Crippen LogP contribution in [0.1, 0.15) is 20.8 Å². The zero-order valence-corrected chi connectivity index (χ0v) is 19.4. The standard InChI is InChI=1S/C19H17ClFN5O9S/c20-18-24-12(22)10-13(25-18)26(5-23-10)14-9(21)11(27)7(35-14)4-34-19(16(30)31,17(32)33)3-6-1-2-8(36-6)15(28)29/h1-2,5,7,9,11,14,27H,3-4H2,(H,28,29)(H,30,31)(H,32,33)(H2,22,24,25)/t7-,9+,11-,14-/m1/s1. The Morgan fingerprint density at radius 1 is 1.25 bits per heavy atom. The summed E-state index contributed by atoms with van der Waals surface area (Å²) >= 11 is 6.48. The zero-order valence-electron chi connectivity index (χ0n) is 17.8. The lowest BCUT2D eigenvalue weighted by atomic mass is 9.98. The van der Waals surface area contributed by atoms with E-state index in [0.29, 0.717) is 11.3 Å². The van der Waals surface area contributed by atoms with Crippen molar-refractivity contribution in [3.63, 3.8) is 0 Å². The quantitative estimate of drug-likeness (QED) is 0.184. The zero-order chi connectivity index (χ0) is 26.4. The van der Waals surface area contributed by atoms with Crippen molar-refractivity contribution in [3.05, 3.63) is 33.5 Å². The van der Waals surface area contributed by atoms with E-state index >= 15 is 4.39 Å². The number of carboxylic acids is 3. The number of ether oxygens (including phenoxy) is 2. The topological polar surface area (TPSA) is 220 Å². The second-order valence-corrected chi connectivity index (χ2v) is 9.20. The number of hydrogen-bond acceptors (Lipinski definition) is 11. The van der Waals surface area contributed by atoms with E-state index in [9.17, 15) is 29.7 Å². The van der Waals surface area contributed by atoms with Crippen molar-refractivity contribution < 1.29 is 48.7 Å². The number of hydrogen-bond donors (Lipinski definition) is 5. The van der Waals surface area contributed by atoms with Crippen LogP contribution in [0.4, 0.5) is 10.2 Å². The highest BCUT2D eigenvalue weighted by Gasteiger charge is 2.52. The van der Waals surface area contributed by atoms with Gasteiger partial charge in [0.1, 0.15) is 22.6 Å². The van der Waals surface area contributed by atoms with Crippen LogP contribution < -0.4 is 5.73 Å². The summed E-state index contributed by atoms with van der Waals surface area (Å²) < 4.78 is 26.9. The number of rotatable bonds is 9. The molecule has 192 valence electrons. The van der Waals surface area contributed by atoms with Crippen LogP contribution in [0, 0.1) is 0 Å². The lowest BCUT2D eigenvalue weighted by molar-refractivity contribution is -0.189. The number of carboxylic acid groups (broad SMARTS) is 3. The number of halogens is 2. The number of aliphatic hydroxyl groups is 1. The number of carbonyl (C=O) groups is 3. The SMILES string of the molecule is Nc1nc(Cl)nc2c1ncn2[C@@H]1O[C@H](COC(Cc2ccc(C(=O)O)s2)(C(=O)O)C(=O)O)[C@@H](O)[C@@H]1F. The molecule has 17 heteroatoms. The van der Waals surface area contributed by atoms with Gasteiger partial charge < -0.3 is 35.6 Å². The van der Waals surface area contributed by atoms with Crippen molar-refractivity contribution in [1.82, 2.24) is 19.5 Å². The molecule has 4 heterocycles. The Hall–Kier alpha value is -3.44. The molecule has 1 aliphatic heterocycles. The van der Waals surface area contributed by atoms with Crippen LogP contribution in [-0.2, 0) is 25.5 Å². The summed E-state index contributed by atoms with van der Waals surface area (Å²) in [6.45, 7) is -0.835. The number of fused-ring (bicyclic) bond motifs is 1. The summed E-state index contributed by atoms with van der Waals surface area (Å²) in [6.07, 6.45) is -6.53. The molecule has 3 aromatic rings. The number of aromatic carboxylic acids is 1. The Bertz CT molecular complexity index is 1340. The first-order valence-electron chi connectivity index (χ1n) is 10.0. The molecule has 0 saturated carbocycles. The molecule has 4 atom stereocenters. The van der Waals surface area contributed by atoms with E-state index in [1.807, 2.05) is 0 Å². The summed E-state index contributed by atoms with van der Waals surface area (Å²) in [5.74, 6) is -5.12. The molecule has 1 fully saturated rings. The lowest BCUT2D eigenvalue weighted by Crippen LogP contribution is -2.52. The van der Waals surface area contributed by atoms with Crippen LogP contribution in [0.5, 0.6) is 0 Å². The number of aromatic nitrogens is 4. The van der Waals surface area contributed by atoms with Gasteiger partial charge >= 0.3 is 17.9 Å². The number of nitrogens with two attached hydrogens (primary N) is 1. The van der Waals surface area contributed by atoms with Gasteiger partial charge in [0.25, 0.3) is 5.60 Å². The Labute approximate surface area is 208 Å². The number of thiophene rings is 1. The highest BCUT2D eigenvalue weighted by molar-refractivity contribution is 7.13. The summed E-state index contributed by atoms with van der Waals surface area (Å²) in [7, 11) is 0. The van der Waals surface area contributed by atoms with E-state index < -0.39 is 61.1 Å². The Morgan fingerprint density at radius 3 is 2.56 bits per heavy atom. The molecule has 0 radical (unpaired) electrons. The molecule has 4 rings (SSSR count). The molecule has 0 aliphatic carbocycles. The normalized spacial score (nSPS) is 22.2. The second kappa shape index (κ2) is 9.55. The fraction of sp³-hybridized carbons (Fsp3) is 0.368. The summed E-state index contributed by atoms with van der Waals surface area (Å²) in [4.78, 5) is 46.7. The van der Waals surface area contributed by atoms with Crippen molar-refractivity contribution in [2.24, 2.45) is 0 Å². The first-order chi connectivity index (χ1) is 16.9. The van der Waals surface area contributed by atoms with Gasteiger partial charge in [-0.25, -0.2) is 23.8 Å². The molecular formula is C19H17ClFN5O9S. The highest BCUT2D eigenvalue weighted by Crippen LogP contribution is 2.35. The van der Waals surface area contributed by atoms with Gasteiger partial charge in [0, 0.05) is 11.3 Å². The van der Waals surface area contributed by atoms with E-state index in [0.717, 1.165) is 10.9 Å². The molecule has 0 bridgehead atoms. The smallest absolute Gasteiger partial charge is 0.348 e. The van der Waals surface area contributed by atoms with Crippen LogP contribution in [0.15, 0.2) is 18.5 Å².